The lowest BCUT2D eigenvalue weighted by Crippen LogP contribution is -2.28. The highest BCUT2D eigenvalue weighted by Gasteiger charge is 2.16. The van der Waals surface area contributed by atoms with Crippen LogP contribution >= 0.6 is 23.2 Å². The quantitative estimate of drug-likeness (QED) is 0.502. The summed E-state index contributed by atoms with van der Waals surface area (Å²) in [4.78, 5) is 29.0. The number of benzene rings is 2. The van der Waals surface area contributed by atoms with Crippen molar-refractivity contribution in [3.8, 4) is 11.6 Å². The molecule has 30 heavy (non-hydrogen) atoms. The molecule has 0 spiro atoms. The minimum absolute atomic E-state index is 0.0707. The first-order valence-electron chi connectivity index (χ1n) is 8.53. The van der Waals surface area contributed by atoms with Gasteiger partial charge in [0.15, 0.2) is 0 Å². The number of halogens is 3. The van der Waals surface area contributed by atoms with Crippen LogP contribution in [0.5, 0.6) is 11.6 Å². The molecular weight excluding hydrogens is 436 g/mol. The smallest absolute Gasteiger partial charge is 0.351 e. The third kappa shape index (κ3) is 4.12. The molecule has 1 amide bonds. The number of fused-ring (bicyclic) bond motifs is 1. The normalized spacial score (nSPS) is 10.9. The SMILES string of the molecule is O=C(Cn1nc2c(Oc3cccc(Cl)c3)nccn2c1=O)Nc1ccc(F)c(Cl)c1. The van der Waals surface area contributed by atoms with Crippen molar-refractivity contribution < 1.29 is 13.9 Å². The highest BCUT2D eigenvalue weighted by Crippen LogP contribution is 2.24. The maximum absolute atomic E-state index is 13.2. The lowest BCUT2D eigenvalue weighted by Gasteiger charge is -2.05. The third-order valence-electron chi connectivity index (χ3n) is 3.98. The first-order chi connectivity index (χ1) is 14.4. The molecule has 0 saturated heterocycles. The Morgan fingerprint density at radius 1 is 1.20 bits per heavy atom. The number of nitrogens with one attached hydrogen (secondary N) is 1. The fraction of sp³-hybridized carbons (Fsp3) is 0.0526. The Morgan fingerprint density at radius 2 is 2.03 bits per heavy atom. The van der Waals surface area contributed by atoms with E-state index in [-0.39, 0.29) is 28.8 Å². The largest absolute Gasteiger partial charge is 0.436 e. The number of amides is 1. The lowest BCUT2D eigenvalue weighted by molar-refractivity contribution is -0.117. The van der Waals surface area contributed by atoms with Crippen LogP contribution < -0.4 is 15.7 Å². The number of aromatic nitrogens is 4. The van der Waals surface area contributed by atoms with Crippen molar-refractivity contribution >= 4 is 40.4 Å². The fourth-order valence-electron chi connectivity index (χ4n) is 2.65. The van der Waals surface area contributed by atoms with Gasteiger partial charge in [0.25, 0.3) is 5.88 Å². The van der Waals surface area contributed by atoms with E-state index in [9.17, 15) is 14.0 Å². The van der Waals surface area contributed by atoms with Gasteiger partial charge in [-0.2, -0.15) is 0 Å². The van der Waals surface area contributed by atoms with Crippen LogP contribution in [0.1, 0.15) is 0 Å². The van der Waals surface area contributed by atoms with Crippen LogP contribution in [0.25, 0.3) is 5.65 Å². The molecule has 0 radical (unpaired) electrons. The van der Waals surface area contributed by atoms with E-state index >= 15 is 0 Å². The van der Waals surface area contributed by atoms with Crippen molar-refractivity contribution in [2.24, 2.45) is 0 Å². The van der Waals surface area contributed by atoms with Crippen molar-refractivity contribution in [1.82, 2.24) is 19.2 Å². The molecule has 8 nitrogen and oxygen atoms in total. The summed E-state index contributed by atoms with van der Waals surface area (Å²) in [6.45, 7) is -0.383. The van der Waals surface area contributed by atoms with Crippen LogP contribution in [-0.4, -0.2) is 25.1 Å². The Bertz CT molecular complexity index is 1320. The van der Waals surface area contributed by atoms with Crippen molar-refractivity contribution in [3.63, 3.8) is 0 Å². The van der Waals surface area contributed by atoms with Crippen LogP contribution in [0.15, 0.2) is 59.7 Å². The number of anilines is 1. The molecule has 0 atom stereocenters. The number of rotatable bonds is 5. The van der Waals surface area contributed by atoms with Gasteiger partial charge in [-0.15, -0.1) is 5.10 Å². The molecule has 0 aliphatic heterocycles. The summed E-state index contributed by atoms with van der Waals surface area (Å²) < 4.78 is 21.1. The van der Waals surface area contributed by atoms with E-state index in [1.165, 1.54) is 28.9 Å². The molecule has 0 bridgehead atoms. The number of hydrogen-bond donors (Lipinski definition) is 1. The molecule has 2 heterocycles. The second-order valence-electron chi connectivity index (χ2n) is 6.10. The molecule has 2 aromatic heterocycles. The summed E-state index contributed by atoms with van der Waals surface area (Å²) in [6, 6.07) is 10.4. The maximum atomic E-state index is 13.2. The molecule has 2 aromatic carbocycles. The van der Waals surface area contributed by atoms with Crippen molar-refractivity contribution in [2.75, 3.05) is 5.32 Å². The molecule has 0 aliphatic rings. The minimum atomic E-state index is -0.606. The van der Waals surface area contributed by atoms with Gasteiger partial charge in [-0.05, 0) is 36.4 Å². The van der Waals surface area contributed by atoms with E-state index < -0.39 is 17.4 Å². The number of carbonyl (C=O) groups excluding carboxylic acids is 1. The van der Waals surface area contributed by atoms with Crippen LogP contribution in [-0.2, 0) is 11.3 Å². The topological polar surface area (TPSA) is 90.5 Å². The standard InChI is InChI=1S/C19H12Cl2FN5O3/c20-11-2-1-3-13(8-11)30-18-17-25-27(19(29)26(17)7-6-23-18)10-16(28)24-12-4-5-15(22)14(21)9-12/h1-9H,10H2,(H,24,28). The Labute approximate surface area is 178 Å². The number of nitrogens with zero attached hydrogens (tertiary/aromatic N) is 4. The molecule has 0 saturated carbocycles. The summed E-state index contributed by atoms with van der Waals surface area (Å²) >= 11 is 11.7. The molecule has 1 N–H and O–H groups in total. The van der Waals surface area contributed by atoms with E-state index in [1.807, 2.05) is 0 Å². The maximum Gasteiger partial charge on any atom is 0.351 e. The van der Waals surface area contributed by atoms with Gasteiger partial charge in [-0.1, -0.05) is 29.3 Å². The van der Waals surface area contributed by atoms with Crippen molar-refractivity contribution in [3.05, 3.63) is 81.2 Å². The molecule has 0 unspecified atom stereocenters. The lowest BCUT2D eigenvalue weighted by atomic mass is 10.3. The first kappa shape index (κ1) is 19.9. The predicted octanol–water partition coefficient (Wildman–Crippen LogP) is 3.77. The highest BCUT2D eigenvalue weighted by molar-refractivity contribution is 6.31. The van der Waals surface area contributed by atoms with Gasteiger partial charge in [0.2, 0.25) is 11.6 Å². The number of ether oxygens (including phenoxy) is 1. The van der Waals surface area contributed by atoms with Crippen LogP contribution in [0, 0.1) is 5.82 Å². The monoisotopic (exact) mass is 447 g/mol. The van der Waals surface area contributed by atoms with Gasteiger partial charge < -0.3 is 10.1 Å². The van der Waals surface area contributed by atoms with Crippen LogP contribution in [0.3, 0.4) is 0 Å². The molecule has 11 heteroatoms. The average Bonchev–Trinajstić information content (AvgIpc) is 3.01. The van der Waals surface area contributed by atoms with Gasteiger partial charge in [-0.3, -0.25) is 4.79 Å². The predicted molar refractivity (Wildman–Crippen MR) is 109 cm³/mol. The second kappa shape index (κ2) is 8.13. The van der Waals surface area contributed by atoms with E-state index in [0.717, 1.165) is 10.7 Å². The van der Waals surface area contributed by atoms with E-state index in [1.54, 1.807) is 24.3 Å². The number of hydrogen-bond acceptors (Lipinski definition) is 5. The Balaban J connectivity index is 1.59. The third-order valence-corrected chi connectivity index (χ3v) is 4.50. The molecule has 0 aliphatic carbocycles. The van der Waals surface area contributed by atoms with Crippen molar-refractivity contribution in [2.45, 2.75) is 6.54 Å². The van der Waals surface area contributed by atoms with E-state index in [2.05, 4.69) is 15.4 Å². The van der Waals surface area contributed by atoms with Crippen LogP contribution in [0.4, 0.5) is 10.1 Å². The van der Waals surface area contributed by atoms with Gasteiger partial charge in [0.1, 0.15) is 18.1 Å². The van der Waals surface area contributed by atoms with E-state index in [0.29, 0.717) is 10.8 Å². The molecule has 4 rings (SSSR count). The van der Waals surface area contributed by atoms with Crippen molar-refractivity contribution in [1.29, 1.82) is 0 Å². The van der Waals surface area contributed by atoms with Crippen LogP contribution in [0.2, 0.25) is 10.0 Å². The minimum Gasteiger partial charge on any atom is -0.436 e. The zero-order valence-corrected chi connectivity index (χ0v) is 16.6. The van der Waals surface area contributed by atoms with Gasteiger partial charge in [0.05, 0.1) is 5.02 Å². The van der Waals surface area contributed by atoms with Gasteiger partial charge in [-0.25, -0.2) is 23.3 Å². The first-order valence-corrected chi connectivity index (χ1v) is 9.29. The summed E-state index contributed by atoms with van der Waals surface area (Å²) in [5.74, 6) is -0.670. The summed E-state index contributed by atoms with van der Waals surface area (Å²) in [5.41, 5.74) is -0.148. The van der Waals surface area contributed by atoms with Gasteiger partial charge in [0, 0.05) is 23.1 Å². The highest BCUT2D eigenvalue weighted by atomic mass is 35.5. The zero-order chi connectivity index (χ0) is 21.3. The van der Waals surface area contributed by atoms with E-state index in [4.69, 9.17) is 27.9 Å². The molecular formula is C19H12Cl2FN5O3. The average molecular weight is 448 g/mol. The van der Waals surface area contributed by atoms with Gasteiger partial charge >= 0.3 is 5.69 Å². The number of carbonyl (C=O) groups is 1. The summed E-state index contributed by atoms with van der Waals surface area (Å²) in [6.07, 6.45) is 2.78. The molecule has 152 valence electrons. The Kier molecular flexibility index (Phi) is 5.39. The summed E-state index contributed by atoms with van der Waals surface area (Å²) in [7, 11) is 0. The summed E-state index contributed by atoms with van der Waals surface area (Å²) in [5, 5.41) is 7.01. The Morgan fingerprint density at radius 3 is 2.80 bits per heavy atom. The zero-order valence-electron chi connectivity index (χ0n) is 15.1. The Hall–Kier alpha value is -3.43. The molecule has 4 aromatic rings. The second-order valence-corrected chi connectivity index (χ2v) is 6.95. The molecule has 0 fully saturated rings. The fourth-order valence-corrected chi connectivity index (χ4v) is 3.01.